The summed E-state index contributed by atoms with van der Waals surface area (Å²) in [6.07, 6.45) is 9.24. The number of carbonyl (C=O) groups is 1. The quantitative estimate of drug-likeness (QED) is 0.850. The maximum absolute atomic E-state index is 12.4. The normalized spacial score (nSPS) is 20.2. The van der Waals surface area contributed by atoms with Gasteiger partial charge in [-0.05, 0) is 41.6 Å². The highest BCUT2D eigenvalue weighted by molar-refractivity contribution is 9.10. The van der Waals surface area contributed by atoms with Crippen LogP contribution in [-0.4, -0.2) is 34.8 Å². The van der Waals surface area contributed by atoms with Gasteiger partial charge in [0.15, 0.2) is 0 Å². The van der Waals surface area contributed by atoms with Crippen LogP contribution in [0.1, 0.15) is 44.9 Å². The summed E-state index contributed by atoms with van der Waals surface area (Å²) >= 11 is 3.39. The third-order valence-corrected chi connectivity index (χ3v) is 5.96. The van der Waals surface area contributed by atoms with Crippen molar-refractivity contribution in [3.63, 3.8) is 0 Å². The van der Waals surface area contributed by atoms with Gasteiger partial charge < -0.3 is 10.2 Å². The minimum atomic E-state index is -0.125. The number of rotatable bonds is 3. The number of carbonyl (C=O) groups excluding carboxylic acids is 1. The van der Waals surface area contributed by atoms with E-state index in [1.54, 1.807) is 13.2 Å². The van der Waals surface area contributed by atoms with Crippen molar-refractivity contribution in [3.05, 3.63) is 21.0 Å². The van der Waals surface area contributed by atoms with E-state index >= 15 is 0 Å². The third kappa shape index (κ3) is 3.82. The van der Waals surface area contributed by atoms with Crippen molar-refractivity contribution < 1.29 is 4.79 Å². The van der Waals surface area contributed by atoms with Gasteiger partial charge in [0.25, 0.3) is 5.56 Å². The lowest BCUT2D eigenvalue weighted by molar-refractivity contribution is -0.126. The van der Waals surface area contributed by atoms with Gasteiger partial charge in [-0.25, -0.2) is 4.68 Å². The molecule has 0 atom stereocenters. The molecular weight excluding hydrogens is 372 g/mol. The van der Waals surface area contributed by atoms with Crippen LogP contribution in [0.3, 0.4) is 0 Å². The highest BCUT2D eigenvalue weighted by Gasteiger charge is 2.26. The van der Waals surface area contributed by atoms with Gasteiger partial charge in [-0.1, -0.05) is 19.3 Å². The number of halogens is 1. The van der Waals surface area contributed by atoms with Crippen molar-refractivity contribution in [1.82, 2.24) is 15.1 Å². The lowest BCUT2D eigenvalue weighted by Crippen LogP contribution is -2.47. The third-order valence-electron chi connectivity index (χ3n) is 5.22. The molecule has 0 spiro atoms. The molecule has 132 valence electrons. The molecule has 2 heterocycles. The summed E-state index contributed by atoms with van der Waals surface area (Å²) in [6.45, 7) is 1.64. The van der Waals surface area contributed by atoms with E-state index in [4.69, 9.17) is 0 Å². The molecule has 1 saturated carbocycles. The molecule has 24 heavy (non-hydrogen) atoms. The highest BCUT2D eigenvalue weighted by atomic mass is 79.9. The van der Waals surface area contributed by atoms with E-state index in [1.807, 2.05) is 0 Å². The van der Waals surface area contributed by atoms with E-state index in [0.717, 1.165) is 44.5 Å². The van der Waals surface area contributed by atoms with Crippen molar-refractivity contribution in [2.45, 2.75) is 51.0 Å². The molecule has 0 radical (unpaired) electrons. The second-order valence-electron chi connectivity index (χ2n) is 6.88. The van der Waals surface area contributed by atoms with Crippen LogP contribution in [0.5, 0.6) is 0 Å². The van der Waals surface area contributed by atoms with Crippen molar-refractivity contribution in [3.8, 4) is 0 Å². The number of hydrogen-bond donors (Lipinski definition) is 1. The Balaban J connectivity index is 1.55. The fraction of sp³-hybridized carbons (Fsp3) is 0.706. The molecule has 0 aromatic carbocycles. The summed E-state index contributed by atoms with van der Waals surface area (Å²) in [6, 6.07) is 0.244. The van der Waals surface area contributed by atoms with E-state index in [2.05, 4.69) is 31.2 Å². The number of piperidine rings is 1. The Morgan fingerprint density at radius 2 is 1.88 bits per heavy atom. The number of nitrogens with zero attached hydrogens (tertiary/aromatic N) is 3. The number of hydrogen-bond acceptors (Lipinski definition) is 4. The van der Waals surface area contributed by atoms with Crippen molar-refractivity contribution in [1.29, 1.82) is 0 Å². The van der Waals surface area contributed by atoms with Gasteiger partial charge in [0.05, 0.1) is 11.9 Å². The maximum atomic E-state index is 12.4. The molecule has 1 aliphatic heterocycles. The summed E-state index contributed by atoms with van der Waals surface area (Å²) in [5.41, 5.74) is 0.718. The topological polar surface area (TPSA) is 67.2 Å². The first kappa shape index (κ1) is 17.5. The minimum Gasteiger partial charge on any atom is -0.369 e. The molecule has 2 fully saturated rings. The monoisotopic (exact) mass is 396 g/mol. The molecule has 1 amide bonds. The molecule has 0 unspecified atom stereocenters. The SMILES string of the molecule is Cn1ncc(N2CCC(NC(=O)C3CCCCC3)CC2)c(Br)c1=O. The first-order valence-electron chi connectivity index (χ1n) is 8.83. The maximum Gasteiger partial charge on any atom is 0.282 e. The molecule has 1 aromatic rings. The van der Waals surface area contributed by atoms with Crippen LogP contribution in [0.4, 0.5) is 5.69 Å². The minimum absolute atomic E-state index is 0.125. The summed E-state index contributed by atoms with van der Waals surface area (Å²) in [5, 5.41) is 7.34. The fourth-order valence-corrected chi connectivity index (χ4v) is 4.28. The molecule has 1 aliphatic carbocycles. The average molecular weight is 397 g/mol. The molecule has 1 aromatic heterocycles. The van der Waals surface area contributed by atoms with Crippen LogP contribution in [0.2, 0.25) is 0 Å². The van der Waals surface area contributed by atoms with Gasteiger partial charge >= 0.3 is 0 Å². The number of aromatic nitrogens is 2. The molecule has 1 saturated heterocycles. The Morgan fingerprint density at radius 3 is 2.54 bits per heavy atom. The van der Waals surface area contributed by atoms with E-state index in [1.165, 1.54) is 23.9 Å². The summed E-state index contributed by atoms with van der Waals surface area (Å²) in [7, 11) is 1.64. The van der Waals surface area contributed by atoms with Crippen LogP contribution in [0.25, 0.3) is 0 Å². The first-order valence-corrected chi connectivity index (χ1v) is 9.62. The van der Waals surface area contributed by atoms with Crippen LogP contribution in [0.15, 0.2) is 15.5 Å². The standard InChI is InChI=1S/C17H25BrN4O2/c1-21-17(24)15(18)14(11-19-21)22-9-7-13(8-10-22)20-16(23)12-5-3-2-4-6-12/h11-13H,2-10H2,1H3,(H,20,23). The summed E-state index contributed by atoms with van der Waals surface area (Å²) in [5.74, 6) is 0.455. The van der Waals surface area contributed by atoms with Crippen LogP contribution in [0, 0.1) is 5.92 Å². The molecule has 2 aliphatic rings. The molecular formula is C17H25BrN4O2. The zero-order valence-corrected chi connectivity index (χ0v) is 15.7. The first-order chi connectivity index (χ1) is 11.6. The molecule has 0 bridgehead atoms. The zero-order chi connectivity index (χ0) is 17.1. The Labute approximate surface area is 150 Å². The summed E-state index contributed by atoms with van der Waals surface area (Å²) in [4.78, 5) is 26.5. The van der Waals surface area contributed by atoms with Gasteiger partial charge in [0, 0.05) is 32.1 Å². The van der Waals surface area contributed by atoms with E-state index in [9.17, 15) is 9.59 Å². The smallest absolute Gasteiger partial charge is 0.282 e. The van der Waals surface area contributed by atoms with Crippen LogP contribution in [-0.2, 0) is 11.8 Å². The molecule has 6 nitrogen and oxygen atoms in total. The van der Waals surface area contributed by atoms with Crippen molar-refractivity contribution in [2.75, 3.05) is 18.0 Å². The molecule has 1 N–H and O–H groups in total. The van der Waals surface area contributed by atoms with Crippen LogP contribution >= 0.6 is 15.9 Å². The Morgan fingerprint density at radius 1 is 1.21 bits per heavy atom. The highest BCUT2D eigenvalue weighted by Crippen LogP contribution is 2.26. The van der Waals surface area contributed by atoms with Crippen molar-refractivity contribution >= 4 is 27.5 Å². The zero-order valence-electron chi connectivity index (χ0n) is 14.1. The fourth-order valence-electron chi connectivity index (χ4n) is 3.67. The second kappa shape index (κ2) is 7.68. The van der Waals surface area contributed by atoms with Gasteiger partial charge in [-0.3, -0.25) is 9.59 Å². The average Bonchev–Trinajstić information content (AvgIpc) is 2.61. The van der Waals surface area contributed by atoms with Gasteiger partial charge in [0.2, 0.25) is 5.91 Å². The number of anilines is 1. The predicted octanol–water partition coefficient (Wildman–Crippen LogP) is 2.21. The van der Waals surface area contributed by atoms with Crippen molar-refractivity contribution in [2.24, 2.45) is 13.0 Å². The predicted molar refractivity (Wildman–Crippen MR) is 97.1 cm³/mol. The Hall–Kier alpha value is -1.37. The van der Waals surface area contributed by atoms with E-state index in [0.29, 0.717) is 4.47 Å². The summed E-state index contributed by atoms with van der Waals surface area (Å²) < 4.78 is 1.88. The molecule has 3 rings (SSSR count). The van der Waals surface area contributed by atoms with Gasteiger partial charge in [-0.2, -0.15) is 5.10 Å². The lowest BCUT2D eigenvalue weighted by Gasteiger charge is -2.35. The number of amides is 1. The van der Waals surface area contributed by atoms with E-state index < -0.39 is 0 Å². The lowest BCUT2D eigenvalue weighted by atomic mass is 9.88. The second-order valence-corrected chi connectivity index (χ2v) is 7.67. The number of nitrogens with one attached hydrogen (secondary N) is 1. The Bertz CT molecular complexity index is 646. The van der Waals surface area contributed by atoms with Gasteiger partial charge in [-0.15, -0.1) is 0 Å². The Kier molecular flexibility index (Phi) is 5.58. The largest absolute Gasteiger partial charge is 0.369 e. The van der Waals surface area contributed by atoms with Gasteiger partial charge in [0.1, 0.15) is 4.47 Å². The number of aryl methyl sites for hydroxylation is 1. The molecule has 7 heteroatoms. The van der Waals surface area contributed by atoms with E-state index in [-0.39, 0.29) is 23.4 Å². The van der Waals surface area contributed by atoms with Crippen LogP contribution < -0.4 is 15.8 Å².